The van der Waals surface area contributed by atoms with E-state index in [-0.39, 0.29) is 24.5 Å². The van der Waals surface area contributed by atoms with Gasteiger partial charge in [0, 0.05) is 17.3 Å². The van der Waals surface area contributed by atoms with E-state index in [9.17, 15) is 14.4 Å². The van der Waals surface area contributed by atoms with Crippen LogP contribution >= 0.6 is 11.3 Å². The Morgan fingerprint density at radius 1 is 1.09 bits per heavy atom. The molecule has 4 rings (SSSR count). The van der Waals surface area contributed by atoms with Crippen LogP contribution in [0, 0.1) is 0 Å². The zero-order valence-electron chi connectivity index (χ0n) is 19.0. The number of hydrogen-bond donors (Lipinski definition) is 1. The number of aryl methyl sites for hydroxylation is 1. The number of benzene rings is 2. The summed E-state index contributed by atoms with van der Waals surface area (Å²) in [5.41, 5.74) is 1.49. The summed E-state index contributed by atoms with van der Waals surface area (Å²) in [7, 11) is 3.14. The summed E-state index contributed by atoms with van der Waals surface area (Å²) in [6, 6.07) is 16.2. The van der Waals surface area contributed by atoms with Gasteiger partial charge in [0.15, 0.2) is 0 Å². The number of hydrogen-bond acceptors (Lipinski definition) is 7. The number of ether oxygens (including phenoxy) is 2. The van der Waals surface area contributed by atoms with Gasteiger partial charge in [0.05, 0.1) is 36.9 Å². The standard InChI is InChI=1S/C25H23N3O5S/c1-4-33-25(31)23-20(13-21(34-23)15-9-11-16(32-3)12-10-15)26-22(29)14-19-17-7-5-6-8-18(17)24(30)28(2)27-19/h5-13H,4,14H2,1-3H3,(H,26,29). The van der Waals surface area contributed by atoms with Crippen molar-refractivity contribution in [2.45, 2.75) is 13.3 Å². The van der Waals surface area contributed by atoms with E-state index in [1.807, 2.05) is 24.3 Å². The van der Waals surface area contributed by atoms with Crippen molar-refractivity contribution in [3.05, 3.63) is 75.5 Å². The number of carbonyl (C=O) groups excluding carboxylic acids is 2. The van der Waals surface area contributed by atoms with E-state index in [1.165, 1.54) is 16.0 Å². The number of anilines is 1. The van der Waals surface area contributed by atoms with Crippen LogP contribution in [-0.4, -0.2) is 35.4 Å². The number of nitrogens with one attached hydrogen (secondary N) is 1. The fourth-order valence-corrected chi connectivity index (χ4v) is 4.60. The minimum absolute atomic E-state index is 0.0649. The molecule has 0 unspecified atom stereocenters. The molecule has 1 amide bonds. The third kappa shape index (κ3) is 4.69. The second-order valence-corrected chi connectivity index (χ2v) is 8.50. The average Bonchev–Trinajstić information content (AvgIpc) is 3.26. The second-order valence-electron chi connectivity index (χ2n) is 7.45. The molecule has 2 heterocycles. The van der Waals surface area contributed by atoms with Gasteiger partial charge in [-0.05, 0) is 48.9 Å². The Balaban J connectivity index is 1.65. The Labute approximate surface area is 199 Å². The molecular formula is C25H23N3O5S. The van der Waals surface area contributed by atoms with Gasteiger partial charge in [0.25, 0.3) is 5.56 Å². The lowest BCUT2D eigenvalue weighted by Gasteiger charge is -2.09. The molecule has 0 aliphatic heterocycles. The van der Waals surface area contributed by atoms with Gasteiger partial charge in [0.2, 0.25) is 5.91 Å². The summed E-state index contributed by atoms with van der Waals surface area (Å²) < 4.78 is 11.6. The van der Waals surface area contributed by atoms with E-state index in [0.717, 1.165) is 16.2 Å². The number of nitrogens with zero attached hydrogens (tertiary/aromatic N) is 2. The molecule has 0 saturated carbocycles. The zero-order valence-corrected chi connectivity index (χ0v) is 19.8. The van der Waals surface area contributed by atoms with Crippen LogP contribution in [0.3, 0.4) is 0 Å². The average molecular weight is 478 g/mol. The molecule has 9 heteroatoms. The monoisotopic (exact) mass is 477 g/mol. The molecule has 0 aliphatic rings. The van der Waals surface area contributed by atoms with Crippen LogP contribution in [0.4, 0.5) is 5.69 Å². The first-order chi connectivity index (χ1) is 16.4. The van der Waals surface area contributed by atoms with Crippen molar-refractivity contribution in [2.24, 2.45) is 7.05 Å². The second kappa shape index (κ2) is 9.88. The van der Waals surface area contributed by atoms with Crippen LogP contribution in [0.25, 0.3) is 21.2 Å². The van der Waals surface area contributed by atoms with Crippen LogP contribution in [0.15, 0.2) is 59.4 Å². The predicted octanol–water partition coefficient (Wildman–Crippen LogP) is 4.03. The van der Waals surface area contributed by atoms with Crippen molar-refractivity contribution in [1.29, 1.82) is 0 Å². The Bertz CT molecular complexity index is 1420. The first-order valence-corrected chi connectivity index (χ1v) is 11.4. The van der Waals surface area contributed by atoms with Crippen LogP contribution in [0.5, 0.6) is 5.75 Å². The van der Waals surface area contributed by atoms with Crippen LogP contribution in [0.2, 0.25) is 0 Å². The normalized spacial score (nSPS) is 10.8. The number of carbonyl (C=O) groups is 2. The molecule has 174 valence electrons. The van der Waals surface area contributed by atoms with Crippen molar-refractivity contribution >= 4 is 39.7 Å². The zero-order chi connectivity index (χ0) is 24.2. The highest BCUT2D eigenvalue weighted by molar-refractivity contribution is 7.18. The largest absolute Gasteiger partial charge is 0.497 e. The van der Waals surface area contributed by atoms with E-state index in [0.29, 0.717) is 27.0 Å². The fourth-order valence-electron chi connectivity index (χ4n) is 3.58. The predicted molar refractivity (Wildman–Crippen MR) is 132 cm³/mol. The number of rotatable bonds is 7. The molecule has 0 fully saturated rings. The third-order valence-corrected chi connectivity index (χ3v) is 6.37. The Hall–Kier alpha value is -3.98. The molecule has 0 radical (unpaired) electrons. The number of methoxy groups -OCH3 is 1. The van der Waals surface area contributed by atoms with Crippen molar-refractivity contribution in [2.75, 3.05) is 19.0 Å². The SMILES string of the molecule is CCOC(=O)c1sc(-c2ccc(OC)cc2)cc1NC(=O)Cc1nn(C)c(=O)c2ccccc12. The summed E-state index contributed by atoms with van der Waals surface area (Å²) >= 11 is 1.24. The Morgan fingerprint density at radius 3 is 2.47 bits per heavy atom. The van der Waals surface area contributed by atoms with Gasteiger partial charge < -0.3 is 14.8 Å². The molecular weight excluding hydrogens is 454 g/mol. The minimum atomic E-state index is -0.506. The van der Waals surface area contributed by atoms with Crippen LogP contribution in [0.1, 0.15) is 22.3 Å². The Kier molecular flexibility index (Phi) is 6.74. The smallest absolute Gasteiger partial charge is 0.350 e. The quantitative estimate of drug-likeness (QED) is 0.404. The van der Waals surface area contributed by atoms with Crippen molar-refractivity contribution in [3.8, 4) is 16.2 Å². The molecule has 1 N–H and O–H groups in total. The topological polar surface area (TPSA) is 99.5 Å². The van der Waals surface area contributed by atoms with Crippen molar-refractivity contribution in [1.82, 2.24) is 9.78 Å². The van der Waals surface area contributed by atoms with Crippen LogP contribution in [-0.2, 0) is 23.0 Å². The van der Waals surface area contributed by atoms with Gasteiger partial charge in [0.1, 0.15) is 10.6 Å². The number of amides is 1. The maximum absolute atomic E-state index is 13.0. The Morgan fingerprint density at radius 2 is 1.79 bits per heavy atom. The minimum Gasteiger partial charge on any atom is -0.497 e. The van der Waals surface area contributed by atoms with Gasteiger partial charge in [-0.15, -0.1) is 11.3 Å². The molecule has 0 saturated heterocycles. The van der Waals surface area contributed by atoms with Gasteiger partial charge in [-0.3, -0.25) is 9.59 Å². The molecule has 8 nitrogen and oxygen atoms in total. The number of thiophene rings is 1. The molecule has 0 atom stereocenters. The van der Waals surface area contributed by atoms with Gasteiger partial charge in [-0.25, -0.2) is 9.48 Å². The maximum Gasteiger partial charge on any atom is 0.350 e. The third-order valence-electron chi connectivity index (χ3n) is 5.20. The molecule has 34 heavy (non-hydrogen) atoms. The number of esters is 1. The van der Waals surface area contributed by atoms with E-state index in [4.69, 9.17) is 9.47 Å². The van der Waals surface area contributed by atoms with Gasteiger partial charge >= 0.3 is 5.97 Å². The van der Waals surface area contributed by atoms with Gasteiger partial charge in [-0.2, -0.15) is 5.10 Å². The first-order valence-electron chi connectivity index (χ1n) is 10.6. The van der Waals surface area contributed by atoms with E-state index < -0.39 is 5.97 Å². The number of fused-ring (bicyclic) bond motifs is 1. The summed E-state index contributed by atoms with van der Waals surface area (Å²) in [5.74, 6) is -0.148. The lowest BCUT2D eigenvalue weighted by Crippen LogP contribution is -2.24. The van der Waals surface area contributed by atoms with E-state index >= 15 is 0 Å². The van der Waals surface area contributed by atoms with Crippen LogP contribution < -0.4 is 15.6 Å². The van der Waals surface area contributed by atoms with E-state index in [1.54, 1.807) is 51.4 Å². The van der Waals surface area contributed by atoms with Gasteiger partial charge in [-0.1, -0.05) is 18.2 Å². The highest BCUT2D eigenvalue weighted by atomic mass is 32.1. The molecule has 2 aromatic carbocycles. The highest BCUT2D eigenvalue weighted by Gasteiger charge is 2.21. The molecule has 2 aromatic heterocycles. The fraction of sp³-hybridized carbons (Fsp3) is 0.200. The first kappa shape index (κ1) is 23.2. The van der Waals surface area contributed by atoms with E-state index in [2.05, 4.69) is 10.4 Å². The van der Waals surface area contributed by atoms with Crippen molar-refractivity contribution in [3.63, 3.8) is 0 Å². The van der Waals surface area contributed by atoms with Crippen molar-refractivity contribution < 1.29 is 19.1 Å². The molecule has 0 bridgehead atoms. The molecule has 4 aromatic rings. The summed E-state index contributed by atoms with van der Waals surface area (Å²) in [6.07, 6.45) is -0.0649. The highest BCUT2D eigenvalue weighted by Crippen LogP contribution is 2.36. The molecule has 0 aliphatic carbocycles. The maximum atomic E-state index is 13.0. The summed E-state index contributed by atoms with van der Waals surface area (Å²) in [6.45, 7) is 1.94. The summed E-state index contributed by atoms with van der Waals surface area (Å²) in [4.78, 5) is 39.0. The lowest BCUT2D eigenvalue weighted by molar-refractivity contribution is -0.115. The summed E-state index contributed by atoms with van der Waals surface area (Å²) in [5, 5.41) is 8.22. The molecule has 0 spiro atoms. The number of aromatic nitrogens is 2. The lowest BCUT2D eigenvalue weighted by atomic mass is 10.1.